The van der Waals surface area contributed by atoms with Crippen LogP contribution in [-0.4, -0.2) is 6.29 Å². The summed E-state index contributed by atoms with van der Waals surface area (Å²) in [5, 5.41) is 0. The van der Waals surface area contributed by atoms with Gasteiger partial charge in [0.2, 0.25) is 0 Å². The normalized spacial score (nSPS) is 16.2. The number of hydrogen-bond donors (Lipinski definition) is 0. The molecule has 90 valence electrons. The van der Waals surface area contributed by atoms with Crippen LogP contribution in [0.1, 0.15) is 31.9 Å². The molecule has 0 saturated carbocycles. The third-order valence-corrected chi connectivity index (χ3v) is 2.70. The minimum absolute atomic E-state index is 0.198. The second-order valence-electron chi connectivity index (χ2n) is 5.14. The van der Waals surface area contributed by atoms with E-state index in [1.54, 1.807) is 12.5 Å². The maximum Gasteiger partial charge on any atom is 0.259 e. The molecule has 0 atom stereocenters. The first-order chi connectivity index (χ1) is 8.05. The number of rotatable bonds is 2. The van der Waals surface area contributed by atoms with Crippen LogP contribution in [-0.2, 0) is 14.9 Å². The van der Waals surface area contributed by atoms with E-state index in [9.17, 15) is 0 Å². The van der Waals surface area contributed by atoms with Gasteiger partial charge in [0.1, 0.15) is 12.5 Å². The van der Waals surface area contributed by atoms with Crippen molar-refractivity contribution in [3.63, 3.8) is 0 Å². The van der Waals surface area contributed by atoms with Crippen molar-refractivity contribution in [1.29, 1.82) is 0 Å². The molecule has 0 spiro atoms. The first kappa shape index (κ1) is 11.8. The standard InChI is InChI=1S/C15H18O2/c1-15(2,3)13-7-4-12(5-8-13)6-9-14-16-10-11-17-14/h4-11,14H,1-3H3. The second-order valence-corrected chi connectivity index (χ2v) is 5.14. The zero-order chi connectivity index (χ0) is 12.3. The van der Waals surface area contributed by atoms with Crippen molar-refractivity contribution < 1.29 is 9.47 Å². The van der Waals surface area contributed by atoms with Crippen LogP contribution in [0, 0.1) is 0 Å². The average Bonchev–Trinajstić information content (AvgIpc) is 2.78. The number of hydrogen-bond acceptors (Lipinski definition) is 2. The Hall–Kier alpha value is -1.70. The Morgan fingerprint density at radius 1 is 1.00 bits per heavy atom. The molecular weight excluding hydrogens is 212 g/mol. The highest BCUT2D eigenvalue weighted by Gasteiger charge is 2.12. The molecule has 0 saturated heterocycles. The van der Waals surface area contributed by atoms with E-state index in [4.69, 9.17) is 9.47 Å². The first-order valence-corrected chi connectivity index (χ1v) is 5.80. The minimum Gasteiger partial charge on any atom is -0.456 e. The smallest absolute Gasteiger partial charge is 0.259 e. The Balaban J connectivity index is 2.03. The van der Waals surface area contributed by atoms with Gasteiger partial charge in [0.15, 0.2) is 0 Å². The summed E-state index contributed by atoms with van der Waals surface area (Å²) in [5.41, 5.74) is 2.69. The monoisotopic (exact) mass is 230 g/mol. The van der Waals surface area contributed by atoms with Crippen molar-refractivity contribution in [3.05, 3.63) is 54.0 Å². The van der Waals surface area contributed by atoms with Crippen molar-refractivity contribution in [2.24, 2.45) is 0 Å². The molecule has 0 radical (unpaired) electrons. The molecule has 0 aromatic heterocycles. The summed E-state index contributed by atoms with van der Waals surface area (Å²) in [5.74, 6) is 0. The van der Waals surface area contributed by atoms with E-state index in [0.717, 1.165) is 5.56 Å². The van der Waals surface area contributed by atoms with Crippen LogP contribution in [0.5, 0.6) is 0 Å². The van der Waals surface area contributed by atoms with Gasteiger partial charge in [-0.2, -0.15) is 0 Å². The van der Waals surface area contributed by atoms with Crippen LogP contribution in [0.25, 0.3) is 6.08 Å². The molecule has 1 aliphatic rings. The summed E-state index contributed by atoms with van der Waals surface area (Å²) < 4.78 is 10.3. The molecule has 0 fully saturated rings. The zero-order valence-corrected chi connectivity index (χ0v) is 10.5. The maximum atomic E-state index is 5.16. The molecule has 1 aliphatic heterocycles. The zero-order valence-electron chi connectivity index (χ0n) is 10.5. The molecule has 1 heterocycles. The van der Waals surface area contributed by atoms with Gasteiger partial charge in [-0.25, -0.2) is 0 Å². The fourth-order valence-electron chi connectivity index (χ4n) is 1.63. The fraction of sp³-hybridized carbons (Fsp3) is 0.333. The van der Waals surface area contributed by atoms with Gasteiger partial charge in [0, 0.05) is 0 Å². The third-order valence-electron chi connectivity index (χ3n) is 2.70. The van der Waals surface area contributed by atoms with Gasteiger partial charge in [-0.3, -0.25) is 0 Å². The van der Waals surface area contributed by atoms with Crippen molar-refractivity contribution in [3.8, 4) is 0 Å². The highest BCUT2D eigenvalue weighted by atomic mass is 16.7. The molecule has 1 aromatic rings. The van der Waals surface area contributed by atoms with E-state index in [1.807, 2.05) is 12.2 Å². The second kappa shape index (κ2) is 4.66. The number of ether oxygens (including phenoxy) is 2. The topological polar surface area (TPSA) is 18.5 Å². The fourth-order valence-corrected chi connectivity index (χ4v) is 1.63. The Morgan fingerprint density at radius 3 is 2.12 bits per heavy atom. The number of benzene rings is 1. The lowest BCUT2D eigenvalue weighted by molar-refractivity contribution is 0.0198. The van der Waals surface area contributed by atoms with E-state index in [1.165, 1.54) is 5.56 Å². The summed E-state index contributed by atoms with van der Waals surface area (Å²) >= 11 is 0. The Morgan fingerprint density at radius 2 is 1.59 bits per heavy atom. The Bertz CT molecular complexity index is 413. The summed E-state index contributed by atoms with van der Waals surface area (Å²) in [7, 11) is 0. The molecule has 2 heteroatoms. The van der Waals surface area contributed by atoms with Crippen LogP contribution >= 0.6 is 0 Å². The lowest BCUT2D eigenvalue weighted by atomic mass is 9.87. The van der Waals surface area contributed by atoms with Gasteiger partial charge in [0.25, 0.3) is 6.29 Å². The Labute approximate surface area is 103 Å². The molecule has 0 N–H and O–H groups in total. The molecule has 0 unspecified atom stereocenters. The van der Waals surface area contributed by atoms with Crippen molar-refractivity contribution in [2.75, 3.05) is 0 Å². The van der Waals surface area contributed by atoms with Crippen molar-refractivity contribution >= 4 is 6.08 Å². The van der Waals surface area contributed by atoms with Crippen molar-refractivity contribution in [1.82, 2.24) is 0 Å². The molecule has 0 aliphatic carbocycles. The maximum absolute atomic E-state index is 5.16. The molecule has 2 rings (SSSR count). The first-order valence-electron chi connectivity index (χ1n) is 5.80. The van der Waals surface area contributed by atoms with Gasteiger partial charge in [-0.15, -0.1) is 0 Å². The highest BCUT2D eigenvalue weighted by molar-refractivity contribution is 5.50. The lowest BCUT2D eigenvalue weighted by Crippen LogP contribution is -2.10. The van der Waals surface area contributed by atoms with E-state index in [2.05, 4.69) is 45.0 Å². The van der Waals surface area contributed by atoms with Crippen LogP contribution < -0.4 is 0 Å². The quantitative estimate of drug-likeness (QED) is 0.768. The molecule has 17 heavy (non-hydrogen) atoms. The van der Waals surface area contributed by atoms with Crippen LogP contribution in [0.15, 0.2) is 42.9 Å². The molecular formula is C15H18O2. The average molecular weight is 230 g/mol. The molecule has 0 amide bonds. The SMILES string of the molecule is CC(C)(C)c1ccc(C=CC2OC=CO2)cc1. The highest BCUT2D eigenvalue weighted by Crippen LogP contribution is 2.22. The van der Waals surface area contributed by atoms with Crippen LogP contribution in [0.4, 0.5) is 0 Å². The van der Waals surface area contributed by atoms with E-state index < -0.39 is 0 Å². The summed E-state index contributed by atoms with van der Waals surface area (Å²) in [6, 6.07) is 8.54. The van der Waals surface area contributed by atoms with Crippen molar-refractivity contribution in [2.45, 2.75) is 32.5 Å². The largest absolute Gasteiger partial charge is 0.456 e. The van der Waals surface area contributed by atoms with Gasteiger partial charge in [-0.05, 0) is 22.6 Å². The summed E-state index contributed by atoms with van der Waals surface area (Å²) in [6.07, 6.45) is 6.73. The summed E-state index contributed by atoms with van der Waals surface area (Å²) in [6.45, 7) is 6.64. The van der Waals surface area contributed by atoms with Gasteiger partial charge in [0.05, 0.1) is 0 Å². The van der Waals surface area contributed by atoms with Crippen LogP contribution in [0.2, 0.25) is 0 Å². The van der Waals surface area contributed by atoms with E-state index in [0.29, 0.717) is 0 Å². The lowest BCUT2D eigenvalue weighted by Gasteiger charge is -2.18. The molecule has 2 nitrogen and oxygen atoms in total. The van der Waals surface area contributed by atoms with Gasteiger partial charge >= 0.3 is 0 Å². The Kier molecular flexibility index (Phi) is 3.23. The molecule has 0 bridgehead atoms. The van der Waals surface area contributed by atoms with E-state index >= 15 is 0 Å². The van der Waals surface area contributed by atoms with Crippen LogP contribution in [0.3, 0.4) is 0 Å². The third kappa shape index (κ3) is 3.13. The predicted octanol–water partition coefficient (Wildman–Crippen LogP) is 3.84. The minimum atomic E-state index is -0.280. The van der Waals surface area contributed by atoms with Gasteiger partial charge < -0.3 is 9.47 Å². The van der Waals surface area contributed by atoms with E-state index in [-0.39, 0.29) is 11.7 Å². The van der Waals surface area contributed by atoms with Gasteiger partial charge in [-0.1, -0.05) is 51.1 Å². The predicted molar refractivity (Wildman–Crippen MR) is 69.3 cm³/mol. The summed E-state index contributed by atoms with van der Waals surface area (Å²) in [4.78, 5) is 0. The molecule has 1 aromatic carbocycles.